The van der Waals surface area contributed by atoms with Gasteiger partial charge in [-0.2, -0.15) is 0 Å². The van der Waals surface area contributed by atoms with Gasteiger partial charge in [0.1, 0.15) is 0 Å². The Balaban J connectivity index is 1.89. The van der Waals surface area contributed by atoms with Crippen LogP contribution in [0.4, 0.5) is 5.69 Å². The lowest BCUT2D eigenvalue weighted by Gasteiger charge is -2.28. The molecule has 19 heavy (non-hydrogen) atoms. The highest BCUT2D eigenvalue weighted by Gasteiger charge is 2.12. The van der Waals surface area contributed by atoms with Crippen LogP contribution in [0.3, 0.4) is 0 Å². The molecule has 0 aromatic heterocycles. The van der Waals surface area contributed by atoms with Crippen molar-refractivity contribution < 1.29 is 0 Å². The summed E-state index contributed by atoms with van der Waals surface area (Å²) in [7, 11) is 0. The lowest BCUT2D eigenvalue weighted by atomic mass is 10.1. The molecule has 2 aromatic carbocycles. The molecule has 0 aliphatic carbocycles. The molecule has 1 aliphatic rings. The molecule has 0 saturated heterocycles. The summed E-state index contributed by atoms with van der Waals surface area (Å²) in [4.78, 5) is 2.45. The van der Waals surface area contributed by atoms with Crippen LogP contribution in [-0.2, 0) is 13.1 Å². The molecular weight excluding hydrogens is 232 g/mol. The Labute approximate surface area is 115 Å². The van der Waals surface area contributed by atoms with E-state index in [1.165, 1.54) is 22.4 Å². The first-order valence-corrected chi connectivity index (χ1v) is 6.92. The van der Waals surface area contributed by atoms with Crippen LogP contribution >= 0.6 is 0 Å². The Bertz CT molecular complexity index is 545. The second kappa shape index (κ2) is 5.45. The number of hydrogen-bond acceptors (Lipinski definition) is 2. The lowest BCUT2D eigenvalue weighted by molar-refractivity contribution is 0.631. The zero-order chi connectivity index (χ0) is 13.1. The van der Waals surface area contributed by atoms with Crippen LogP contribution in [0.15, 0.2) is 48.5 Å². The largest absolute Gasteiger partial charge is 0.366 e. The minimum atomic E-state index is 0.984. The van der Waals surface area contributed by atoms with E-state index in [0.29, 0.717) is 0 Å². The Hall–Kier alpha value is -1.80. The van der Waals surface area contributed by atoms with E-state index in [0.717, 1.165) is 26.2 Å². The molecule has 0 saturated carbocycles. The molecule has 2 nitrogen and oxygen atoms in total. The van der Waals surface area contributed by atoms with Crippen molar-refractivity contribution in [2.45, 2.75) is 20.0 Å². The Morgan fingerprint density at radius 1 is 0.947 bits per heavy atom. The van der Waals surface area contributed by atoms with Crippen LogP contribution in [0.5, 0.6) is 0 Å². The maximum atomic E-state index is 3.51. The van der Waals surface area contributed by atoms with Crippen molar-refractivity contribution in [1.29, 1.82) is 0 Å². The van der Waals surface area contributed by atoms with Crippen molar-refractivity contribution in [1.82, 2.24) is 5.32 Å². The molecule has 0 amide bonds. The normalized spacial score (nSPS) is 15.5. The number of fused-ring (bicyclic) bond motifs is 1. The van der Waals surface area contributed by atoms with Crippen molar-refractivity contribution in [2.75, 3.05) is 18.0 Å². The van der Waals surface area contributed by atoms with Crippen molar-refractivity contribution in [3.8, 4) is 0 Å². The predicted octanol–water partition coefficient (Wildman–Crippen LogP) is 3.10. The molecule has 0 spiro atoms. The molecule has 0 bridgehead atoms. The molecule has 2 heteroatoms. The van der Waals surface area contributed by atoms with E-state index in [4.69, 9.17) is 0 Å². The van der Waals surface area contributed by atoms with E-state index >= 15 is 0 Å². The average Bonchev–Trinajstić information content (AvgIpc) is 2.41. The predicted molar refractivity (Wildman–Crippen MR) is 80.4 cm³/mol. The number of nitrogens with one attached hydrogen (secondary N) is 1. The van der Waals surface area contributed by atoms with Crippen molar-refractivity contribution >= 4 is 5.69 Å². The number of rotatable bonds is 1. The van der Waals surface area contributed by atoms with Crippen LogP contribution in [0.1, 0.15) is 16.7 Å². The fourth-order valence-electron chi connectivity index (χ4n) is 2.58. The van der Waals surface area contributed by atoms with Gasteiger partial charge in [0.25, 0.3) is 0 Å². The van der Waals surface area contributed by atoms with E-state index in [2.05, 4.69) is 65.7 Å². The molecule has 1 N–H and O–H groups in total. The number of aryl methyl sites for hydroxylation is 1. The highest BCUT2D eigenvalue weighted by atomic mass is 15.1. The second-order valence-corrected chi connectivity index (χ2v) is 5.20. The van der Waals surface area contributed by atoms with Gasteiger partial charge in [-0.15, -0.1) is 0 Å². The van der Waals surface area contributed by atoms with Gasteiger partial charge in [-0.05, 0) is 30.2 Å². The van der Waals surface area contributed by atoms with Gasteiger partial charge < -0.3 is 10.2 Å². The number of hydrogen-bond donors (Lipinski definition) is 1. The van der Waals surface area contributed by atoms with E-state index in [1.54, 1.807) is 0 Å². The van der Waals surface area contributed by atoms with Gasteiger partial charge in [0, 0.05) is 31.9 Å². The third-order valence-electron chi connectivity index (χ3n) is 3.75. The summed E-state index contributed by atoms with van der Waals surface area (Å²) in [5.74, 6) is 0. The first kappa shape index (κ1) is 12.2. The standard InChI is InChI=1S/C17H20N2/c1-14-6-8-17(9-7-14)19-11-10-18-12-15-4-2-3-5-16(15)13-19/h2-9,18H,10-13H2,1H3. The number of anilines is 1. The summed E-state index contributed by atoms with van der Waals surface area (Å²) < 4.78 is 0. The molecular formula is C17H20N2. The molecule has 0 atom stereocenters. The Morgan fingerprint density at radius 2 is 1.68 bits per heavy atom. The minimum absolute atomic E-state index is 0.984. The molecule has 0 unspecified atom stereocenters. The van der Waals surface area contributed by atoms with Crippen molar-refractivity contribution in [2.24, 2.45) is 0 Å². The molecule has 0 radical (unpaired) electrons. The maximum absolute atomic E-state index is 3.51. The fourth-order valence-corrected chi connectivity index (χ4v) is 2.58. The van der Waals surface area contributed by atoms with Gasteiger partial charge in [0.05, 0.1) is 0 Å². The van der Waals surface area contributed by atoms with E-state index < -0.39 is 0 Å². The minimum Gasteiger partial charge on any atom is -0.366 e. The maximum Gasteiger partial charge on any atom is 0.0433 e. The van der Waals surface area contributed by atoms with E-state index in [1.807, 2.05) is 0 Å². The molecule has 0 fully saturated rings. The molecule has 3 rings (SSSR count). The van der Waals surface area contributed by atoms with Crippen LogP contribution in [0.2, 0.25) is 0 Å². The van der Waals surface area contributed by atoms with Gasteiger partial charge in [0.15, 0.2) is 0 Å². The first-order chi connectivity index (χ1) is 9.33. The summed E-state index contributed by atoms with van der Waals surface area (Å²) in [6.07, 6.45) is 0. The lowest BCUT2D eigenvalue weighted by Crippen LogP contribution is -2.34. The molecule has 1 aliphatic heterocycles. The zero-order valence-corrected chi connectivity index (χ0v) is 11.4. The summed E-state index contributed by atoms with van der Waals surface area (Å²) in [5, 5.41) is 3.51. The highest BCUT2D eigenvalue weighted by Crippen LogP contribution is 2.20. The van der Waals surface area contributed by atoms with Gasteiger partial charge in [0.2, 0.25) is 0 Å². The third kappa shape index (κ3) is 2.79. The van der Waals surface area contributed by atoms with E-state index in [9.17, 15) is 0 Å². The zero-order valence-electron chi connectivity index (χ0n) is 11.4. The van der Waals surface area contributed by atoms with Crippen LogP contribution in [0, 0.1) is 6.92 Å². The van der Waals surface area contributed by atoms with Crippen LogP contribution < -0.4 is 10.2 Å². The van der Waals surface area contributed by atoms with Gasteiger partial charge in [-0.1, -0.05) is 42.0 Å². The Kier molecular flexibility index (Phi) is 3.51. The summed E-state index contributed by atoms with van der Waals surface area (Å²) >= 11 is 0. The molecule has 2 aromatic rings. The highest BCUT2D eigenvalue weighted by molar-refractivity contribution is 5.49. The van der Waals surface area contributed by atoms with Crippen molar-refractivity contribution in [3.05, 3.63) is 65.2 Å². The third-order valence-corrected chi connectivity index (χ3v) is 3.75. The molecule has 98 valence electrons. The summed E-state index contributed by atoms with van der Waals surface area (Å²) in [6.45, 7) is 6.20. The SMILES string of the molecule is Cc1ccc(N2CCNCc3ccccc3C2)cc1. The molecule has 1 heterocycles. The summed E-state index contributed by atoms with van der Waals surface area (Å²) in [5.41, 5.74) is 5.47. The fraction of sp³-hybridized carbons (Fsp3) is 0.294. The number of benzene rings is 2. The van der Waals surface area contributed by atoms with Crippen molar-refractivity contribution in [3.63, 3.8) is 0 Å². The summed E-state index contributed by atoms with van der Waals surface area (Å²) in [6, 6.07) is 17.5. The topological polar surface area (TPSA) is 15.3 Å². The number of nitrogens with zero attached hydrogens (tertiary/aromatic N) is 1. The van der Waals surface area contributed by atoms with Gasteiger partial charge in [-0.3, -0.25) is 0 Å². The van der Waals surface area contributed by atoms with E-state index in [-0.39, 0.29) is 0 Å². The second-order valence-electron chi connectivity index (χ2n) is 5.20. The monoisotopic (exact) mass is 252 g/mol. The van der Waals surface area contributed by atoms with Gasteiger partial charge >= 0.3 is 0 Å². The average molecular weight is 252 g/mol. The van der Waals surface area contributed by atoms with Crippen LogP contribution in [-0.4, -0.2) is 13.1 Å². The first-order valence-electron chi connectivity index (χ1n) is 6.92. The Morgan fingerprint density at radius 3 is 2.47 bits per heavy atom. The van der Waals surface area contributed by atoms with Crippen LogP contribution in [0.25, 0.3) is 0 Å². The quantitative estimate of drug-likeness (QED) is 0.839. The smallest absolute Gasteiger partial charge is 0.0433 e. The van der Waals surface area contributed by atoms with Gasteiger partial charge in [-0.25, -0.2) is 0 Å².